The second kappa shape index (κ2) is 10.1. The smallest absolute Gasteiger partial charge is 0.220 e. The third kappa shape index (κ3) is 5.96. The van der Waals surface area contributed by atoms with Gasteiger partial charge < -0.3 is 19.5 Å². The summed E-state index contributed by atoms with van der Waals surface area (Å²) in [6.45, 7) is 2.66. The van der Waals surface area contributed by atoms with Crippen molar-refractivity contribution >= 4 is 5.91 Å². The molecule has 5 nitrogen and oxygen atoms in total. The van der Waals surface area contributed by atoms with Crippen LogP contribution in [0.15, 0.2) is 36.4 Å². The molecule has 0 aliphatic carbocycles. The largest absolute Gasteiger partial charge is 0.496 e. The van der Waals surface area contributed by atoms with Crippen molar-refractivity contribution < 1.29 is 19.0 Å². The second-order valence-corrected chi connectivity index (χ2v) is 6.06. The Morgan fingerprint density at radius 3 is 2.41 bits per heavy atom. The van der Waals surface area contributed by atoms with E-state index in [1.165, 1.54) is 0 Å². The van der Waals surface area contributed by atoms with Crippen molar-refractivity contribution in [1.82, 2.24) is 5.32 Å². The zero-order valence-corrected chi connectivity index (χ0v) is 16.0. The molecule has 142 valence electrons. The van der Waals surface area contributed by atoms with E-state index in [9.17, 15) is 4.79 Å². The quantitative estimate of drug-likeness (QED) is 0.691. The number of amides is 1. The van der Waals surface area contributed by atoms with Crippen LogP contribution in [0.3, 0.4) is 0 Å². The SMILES string of the molecule is C#CCOc1ccc(CCC(=O)NCc2ccc(OC)c(C)c2)cc1OC. The van der Waals surface area contributed by atoms with E-state index in [0.29, 0.717) is 30.9 Å². The average molecular weight is 367 g/mol. The van der Waals surface area contributed by atoms with Crippen molar-refractivity contribution in [3.63, 3.8) is 0 Å². The minimum absolute atomic E-state index is 0.00454. The minimum atomic E-state index is -0.00454. The van der Waals surface area contributed by atoms with Gasteiger partial charge in [-0.3, -0.25) is 4.79 Å². The summed E-state index contributed by atoms with van der Waals surface area (Å²) in [6.07, 6.45) is 6.21. The average Bonchev–Trinajstić information content (AvgIpc) is 2.69. The van der Waals surface area contributed by atoms with Crippen molar-refractivity contribution in [2.24, 2.45) is 0 Å². The highest BCUT2D eigenvalue weighted by Gasteiger charge is 2.08. The number of nitrogens with one attached hydrogen (secondary N) is 1. The lowest BCUT2D eigenvalue weighted by Crippen LogP contribution is -2.23. The van der Waals surface area contributed by atoms with Crippen LogP contribution in [0, 0.1) is 19.3 Å². The first-order valence-corrected chi connectivity index (χ1v) is 8.70. The summed E-state index contributed by atoms with van der Waals surface area (Å²) in [5.41, 5.74) is 3.08. The van der Waals surface area contributed by atoms with Crippen LogP contribution in [0.25, 0.3) is 0 Å². The molecular weight excluding hydrogens is 342 g/mol. The van der Waals surface area contributed by atoms with Gasteiger partial charge in [0.1, 0.15) is 12.4 Å². The van der Waals surface area contributed by atoms with Crippen molar-refractivity contribution in [3.05, 3.63) is 53.1 Å². The Morgan fingerprint density at radius 1 is 1.04 bits per heavy atom. The molecule has 0 heterocycles. The van der Waals surface area contributed by atoms with E-state index in [2.05, 4.69) is 11.2 Å². The Kier molecular flexibility index (Phi) is 7.57. The van der Waals surface area contributed by atoms with Gasteiger partial charge in [0.15, 0.2) is 11.5 Å². The summed E-state index contributed by atoms with van der Waals surface area (Å²) >= 11 is 0. The molecule has 2 rings (SSSR count). The van der Waals surface area contributed by atoms with Gasteiger partial charge in [-0.2, -0.15) is 0 Å². The molecule has 1 N–H and O–H groups in total. The van der Waals surface area contributed by atoms with Crippen LogP contribution in [-0.4, -0.2) is 26.7 Å². The fraction of sp³-hybridized carbons (Fsp3) is 0.318. The van der Waals surface area contributed by atoms with Crippen LogP contribution in [0.5, 0.6) is 17.2 Å². The van der Waals surface area contributed by atoms with Crippen molar-refractivity contribution in [3.8, 4) is 29.6 Å². The highest BCUT2D eigenvalue weighted by molar-refractivity contribution is 5.76. The summed E-state index contributed by atoms with van der Waals surface area (Å²) in [4.78, 5) is 12.1. The number of methoxy groups -OCH3 is 2. The van der Waals surface area contributed by atoms with Crippen molar-refractivity contribution in [2.75, 3.05) is 20.8 Å². The molecular formula is C22H25NO4. The number of rotatable bonds is 9. The number of hydrogen-bond donors (Lipinski definition) is 1. The van der Waals surface area contributed by atoms with E-state index >= 15 is 0 Å². The lowest BCUT2D eigenvalue weighted by molar-refractivity contribution is -0.121. The van der Waals surface area contributed by atoms with Crippen molar-refractivity contribution in [2.45, 2.75) is 26.3 Å². The first-order chi connectivity index (χ1) is 13.1. The Bertz CT molecular complexity index is 824. The van der Waals surface area contributed by atoms with Gasteiger partial charge in [0, 0.05) is 13.0 Å². The Morgan fingerprint density at radius 2 is 1.74 bits per heavy atom. The maximum atomic E-state index is 12.1. The number of terminal acetylenes is 1. The third-order valence-electron chi connectivity index (χ3n) is 4.13. The van der Waals surface area contributed by atoms with Crippen LogP contribution in [0.4, 0.5) is 0 Å². The highest BCUT2D eigenvalue weighted by Crippen LogP contribution is 2.28. The lowest BCUT2D eigenvalue weighted by atomic mass is 10.1. The van der Waals surface area contributed by atoms with Crippen molar-refractivity contribution in [1.29, 1.82) is 0 Å². The van der Waals surface area contributed by atoms with Crippen LogP contribution < -0.4 is 19.5 Å². The van der Waals surface area contributed by atoms with Gasteiger partial charge in [0.05, 0.1) is 14.2 Å². The summed E-state index contributed by atoms with van der Waals surface area (Å²) < 4.78 is 16.0. The van der Waals surface area contributed by atoms with E-state index in [0.717, 1.165) is 22.4 Å². The van der Waals surface area contributed by atoms with E-state index < -0.39 is 0 Å². The normalized spacial score (nSPS) is 10.0. The minimum Gasteiger partial charge on any atom is -0.496 e. The van der Waals surface area contributed by atoms with Crippen LogP contribution >= 0.6 is 0 Å². The molecule has 0 aliphatic heterocycles. The third-order valence-corrected chi connectivity index (χ3v) is 4.13. The molecule has 1 amide bonds. The molecule has 0 unspecified atom stereocenters. The number of hydrogen-bond acceptors (Lipinski definition) is 4. The highest BCUT2D eigenvalue weighted by atomic mass is 16.5. The monoisotopic (exact) mass is 367 g/mol. The molecule has 0 aromatic heterocycles. The lowest BCUT2D eigenvalue weighted by Gasteiger charge is -2.11. The molecule has 0 saturated heterocycles. The van der Waals surface area contributed by atoms with Crippen LogP contribution in [-0.2, 0) is 17.8 Å². The second-order valence-electron chi connectivity index (χ2n) is 6.06. The predicted molar refractivity (Wildman–Crippen MR) is 105 cm³/mol. The molecule has 27 heavy (non-hydrogen) atoms. The molecule has 0 aliphatic rings. The number of ether oxygens (including phenoxy) is 3. The Hall–Kier alpha value is -3.13. The number of benzene rings is 2. The van der Waals surface area contributed by atoms with E-state index in [1.807, 2.05) is 43.3 Å². The number of carbonyl (C=O) groups is 1. The Labute approximate surface area is 160 Å². The molecule has 0 fully saturated rings. The van der Waals surface area contributed by atoms with Gasteiger partial charge in [0.25, 0.3) is 0 Å². The Balaban J connectivity index is 1.86. The molecule has 0 atom stereocenters. The maximum absolute atomic E-state index is 12.1. The molecule has 2 aromatic rings. The van der Waals surface area contributed by atoms with E-state index in [1.54, 1.807) is 14.2 Å². The zero-order valence-electron chi connectivity index (χ0n) is 16.0. The van der Waals surface area contributed by atoms with Gasteiger partial charge in [-0.1, -0.05) is 24.1 Å². The fourth-order valence-corrected chi connectivity index (χ4v) is 2.70. The molecule has 0 radical (unpaired) electrons. The van der Waals surface area contributed by atoms with Gasteiger partial charge in [-0.05, 0) is 48.2 Å². The summed E-state index contributed by atoms with van der Waals surface area (Å²) in [5, 5.41) is 2.94. The number of aryl methyl sites for hydroxylation is 2. The van der Waals surface area contributed by atoms with Gasteiger partial charge >= 0.3 is 0 Å². The molecule has 0 saturated carbocycles. The van der Waals surface area contributed by atoms with Crippen LogP contribution in [0.2, 0.25) is 0 Å². The maximum Gasteiger partial charge on any atom is 0.220 e. The first kappa shape index (κ1) is 20.2. The van der Waals surface area contributed by atoms with Gasteiger partial charge in [-0.15, -0.1) is 6.42 Å². The van der Waals surface area contributed by atoms with Gasteiger partial charge in [0.2, 0.25) is 5.91 Å². The fourth-order valence-electron chi connectivity index (χ4n) is 2.70. The molecule has 2 aromatic carbocycles. The van der Waals surface area contributed by atoms with Crippen LogP contribution in [0.1, 0.15) is 23.1 Å². The standard InChI is InChI=1S/C22H25NO4/c1-5-12-27-20-10-6-17(14-21(20)26-4)8-11-22(24)23-15-18-7-9-19(25-3)16(2)13-18/h1,6-7,9-10,13-14H,8,11-12,15H2,2-4H3,(H,23,24). The summed E-state index contributed by atoms with van der Waals surface area (Å²) in [6, 6.07) is 11.5. The van der Waals surface area contributed by atoms with Gasteiger partial charge in [-0.25, -0.2) is 0 Å². The van der Waals surface area contributed by atoms with E-state index in [-0.39, 0.29) is 12.5 Å². The summed E-state index contributed by atoms with van der Waals surface area (Å²) in [5.74, 6) is 4.46. The summed E-state index contributed by atoms with van der Waals surface area (Å²) in [7, 11) is 3.22. The van der Waals surface area contributed by atoms with E-state index in [4.69, 9.17) is 20.6 Å². The first-order valence-electron chi connectivity index (χ1n) is 8.70. The number of carbonyl (C=O) groups excluding carboxylic acids is 1. The topological polar surface area (TPSA) is 56.8 Å². The predicted octanol–water partition coefficient (Wildman–Crippen LogP) is 3.27. The molecule has 0 spiro atoms. The molecule has 5 heteroatoms. The zero-order chi connectivity index (χ0) is 19.6. The molecule has 0 bridgehead atoms.